The number of urea groups is 1. The first-order valence-electron chi connectivity index (χ1n) is 6.73. The fraction of sp³-hybridized carbons (Fsp3) is 0.917. The van der Waals surface area contributed by atoms with Crippen LogP contribution in [0.25, 0.3) is 0 Å². The van der Waals surface area contributed by atoms with Crippen LogP contribution in [-0.2, 0) is 0 Å². The molecule has 0 radical (unpaired) electrons. The lowest BCUT2D eigenvalue weighted by Crippen LogP contribution is -2.42. The number of hydrogen-bond acceptors (Lipinski definition) is 3. The molecule has 1 heterocycles. The van der Waals surface area contributed by atoms with Crippen LogP contribution in [0.3, 0.4) is 0 Å². The molecule has 5 nitrogen and oxygen atoms in total. The van der Waals surface area contributed by atoms with Crippen molar-refractivity contribution >= 4 is 6.03 Å². The van der Waals surface area contributed by atoms with Crippen molar-refractivity contribution in [1.29, 1.82) is 0 Å². The average molecular weight is 242 g/mol. The van der Waals surface area contributed by atoms with E-state index in [1.807, 2.05) is 11.8 Å². The van der Waals surface area contributed by atoms with Gasteiger partial charge in [-0.2, -0.15) is 0 Å². The molecule has 2 amide bonds. The van der Waals surface area contributed by atoms with E-state index in [1.54, 1.807) is 0 Å². The number of amides is 2. The third-order valence-corrected chi connectivity index (χ3v) is 3.13. The molecule has 0 aromatic heterocycles. The summed E-state index contributed by atoms with van der Waals surface area (Å²) in [6.45, 7) is 8.35. The summed E-state index contributed by atoms with van der Waals surface area (Å²) < 4.78 is 0. The van der Waals surface area contributed by atoms with Gasteiger partial charge < -0.3 is 20.9 Å². The number of unbranched alkanes of at least 4 members (excludes halogenated alkanes) is 1. The van der Waals surface area contributed by atoms with Gasteiger partial charge in [0.2, 0.25) is 0 Å². The Morgan fingerprint density at radius 2 is 2.06 bits per heavy atom. The van der Waals surface area contributed by atoms with Crippen LogP contribution in [0.15, 0.2) is 0 Å². The summed E-state index contributed by atoms with van der Waals surface area (Å²) in [5.41, 5.74) is 5.49. The minimum Gasteiger partial charge on any atom is -0.338 e. The van der Waals surface area contributed by atoms with Gasteiger partial charge in [-0.25, -0.2) is 4.79 Å². The molecule has 3 N–H and O–H groups in total. The first kappa shape index (κ1) is 14.3. The minimum atomic E-state index is 0.0799. The van der Waals surface area contributed by atoms with E-state index in [0.717, 1.165) is 58.5 Å². The molecule has 1 saturated heterocycles. The molecule has 1 fully saturated rings. The molecule has 1 aliphatic heterocycles. The SMILES string of the molecule is CCNC(=O)N1CCCN(CCCCN)CC1. The molecular formula is C12H26N4O. The first-order chi connectivity index (χ1) is 8.27. The topological polar surface area (TPSA) is 61.6 Å². The van der Waals surface area contributed by atoms with Crippen molar-refractivity contribution in [1.82, 2.24) is 15.1 Å². The van der Waals surface area contributed by atoms with Gasteiger partial charge in [0.15, 0.2) is 0 Å². The molecule has 0 spiro atoms. The molecule has 0 unspecified atom stereocenters. The van der Waals surface area contributed by atoms with Crippen molar-refractivity contribution in [3.63, 3.8) is 0 Å². The highest BCUT2D eigenvalue weighted by Crippen LogP contribution is 2.04. The van der Waals surface area contributed by atoms with E-state index in [4.69, 9.17) is 5.73 Å². The normalized spacial score (nSPS) is 17.9. The summed E-state index contributed by atoms with van der Waals surface area (Å²) in [6.07, 6.45) is 3.33. The molecule has 0 saturated carbocycles. The van der Waals surface area contributed by atoms with E-state index in [9.17, 15) is 4.79 Å². The Morgan fingerprint density at radius 3 is 2.76 bits per heavy atom. The molecule has 0 aromatic rings. The van der Waals surface area contributed by atoms with Crippen molar-refractivity contribution in [3.05, 3.63) is 0 Å². The Balaban J connectivity index is 2.26. The number of nitrogens with zero attached hydrogens (tertiary/aromatic N) is 2. The maximum Gasteiger partial charge on any atom is 0.317 e. The minimum absolute atomic E-state index is 0.0799. The second-order valence-electron chi connectivity index (χ2n) is 4.51. The lowest BCUT2D eigenvalue weighted by atomic mass is 10.3. The van der Waals surface area contributed by atoms with E-state index < -0.39 is 0 Å². The van der Waals surface area contributed by atoms with Crippen LogP contribution in [0.5, 0.6) is 0 Å². The van der Waals surface area contributed by atoms with Crippen LogP contribution < -0.4 is 11.1 Å². The zero-order valence-electron chi connectivity index (χ0n) is 11.0. The molecular weight excluding hydrogens is 216 g/mol. The quantitative estimate of drug-likeness (QED) is 0.689. The zero-order chi connectivity index (χ0) is 12.5. The van der Waals surface area contributed by atoms with E-state index >= 15 is 0 Å². The Morgan fingerprint density at radius 1 is 1.24 bits per heavy atom. The first-order valence-corrected chi connectivity index (χ1v) is 6.73. The van der Waals surface area contributed by atoms with Gasteiger partial charge in [-0.1, -0.05) is 0 Å². The van der Waals surface area contributed by atoms with Gasteiger partial charge in [-0.15, -0.1) is 0 Å². The molecule has 0 aliphatic carbocycles. The van der Waals surface area contributed by atoms with E-state index in [-0.39, 0.29) is 6.03 Å². The number of carbonyl (C=O) groups is 1. The van der Waals surface area contributed by atoms with Gasteiger partial charge in [0.25, 0.3) is 0 Å². The molecule has 5 heteroatoms. The zero-order valence-corrected chi connectivity index (χ0v) is 11.0. The van der Waals surface area contributed by atoms with Crippen LogP contribution in [0.4, 0.5) is 4.79 Å². The Labute approximate surface area is 104 Å². The molecule has 0 aromatic carbocycles. The van der Waals surface area contributed by atoms with Crippen molar-refractivity contribution in [2.45, 2.75) is 26.2 Å². The fourth-order valence-corrected chi connectivity index (χ4v) is 2.14. The molecule has 100 valence electrons. The third-order valence-electron chi connectivity index (χ3n) is 3.13. The standard InChI is InChI=1S/C12H26N4O/c1-2-14-12(17)16-9-5-8-15(10-11-16)7-4-3-6-13/h2-11,13H2,1H3,(H,14,17). The smallest absolute Gasteiger partial charge is 0.317 e. The summed E-state index contributed by atoms with van der Waals surface area (Å²) >= 11 is 0. The Bertz CT molecular complexity index is 223. The number of nitrogens with one attached hydrogen (secondary N) is 1. The van der Waals surface area contributed by atoms with Gasteiger partial charge in [0, 0.05) is 26.2 Å². The number of rotatable bonds is 5. The highest BCUT2D eigenvalue weighted by molar-refractivity contribution is 5.74. The van der Waals surface area contributed by atoms with Gasteiger partial charge in [0.05, 0.1) is 0 Å². The molecule has 17 heavy (non-hydrogen) atoms. The van der Waals surface area contributed by atoms with Crippen molar-refractivity contribution < 1.29 is 4.79 Å². The summed E-state index contributed by atoms with van der Waals surface area (Å²) in [7, 11) is 0. The predicted molar refractivity (Wildman–Crippen MR) is 70.0 cm³/mol. The van der Waals surface area contributed by atoms with E-state index in [0.29, 0.717) is 6.54 Å². The summed E-state index contributed by atoms with van der Waals surface area (Å²) in [5.74, 6) is 0. The largest absolute Gasteiger partial charge is 0.338 e. The lowest BCUT2D eigenvalue weighted by molar-refractivity contribution is 0.198. The Kier molecular flexibility index (Phi) is 6.96. The summed E-state index contributed by atoms with van der Waals surface area (Å²) in [5, 5.41) is 2.86. The fourth-order valence-electron chi connectivity index (χ4n) is 2.14. The summed E-state index contributed by atoms with van der Waals surface area (Å²) in [6, 6.07) is 0.0799. The molecule has 1 aliphatic rings. The monoisotopic (exact) mass is 242 g/mol. The van der Waals surface area contributed by atoms with Gasteiger partial charge >= 0.3 is 6.03 Å². The van der Waals surface area contributed by atoms with Gasteiger partial charge in [0.1, 0.15) is 0 Å². The van der Waals surface area contributed by atoms with E-state index in [2.05, 4.69) is 10.2 Å². The lowest BCUT2D eigenvalue weighted by Gasteiger charge is -2.22. The van der Waals surface area contributed by atoms with Crippen LogP contribution in [0.2, 0.25) is 0 Å². The van der Waals surface area contributed by atoms with Gasteiger partial charge in [-0.3, -0.25) is 0 Å². The van der Waals surface area contributed by atoms with Crippen molar-refractivity contribution in [3.8, 4) is 0 Å². The second kappa shape index (κ2) is 8.31. The molecule has 0 atom stereocenters. The Hall–Kier alpha value is -0.810. The van der Waals surface area contributed by atoms with E-state index in [1.165, 1.54) is 0 Å². The van der Waals surface area contributed by atoms with Crippen LogP contribution in [0.1, 0.15) is 26.2 Å². The predicted octanol–water partition coefficient (Wildman–Crippen LogP) is 0.463. The summed E-state index contributed by atoms with van der Waals surface area (Å²) in [4.78, 5) is 16.1. The maximum atomic E-state index is 11.7. The number of nitrogens with two attached hydrogens (primary N) is 1. The molecule has 0 bridgehead atoms. The maximum absolute atomic E-state index is 11.7. The highest BCUT2D eigenvalue weighted by Gasteiger charge is 2.17. The highest BCUT2D eigenvalue weighted by atomic mass is 16.2. The second-order valence-corrected chi connectivity index (χ2v) is 4.51. The van der Waals surface area contributed by atoms with Crippen LogP contribution in [-0.4, -0.2) is 61.6 Å². The van der Waals surface area contributed by atoms with Crippen molar-refractivity contribution in [2.75, 3.05) is 45.8 Å². The van der Waals surface area contributed by atoms with Crippen LogP contribution >= 0.6 is 0 Å². The van der Waals surface area contributed by atoms with Gasteiger partial charge in [-0.05, 0) is 45.8 Å². The van der Waals surface area contributed by atoms with Crippen LogP contribution in [0, 0.1) is 0 Å². The van der Waals surface area contributed by atoms with Crippen molar-refractivity contribution in [2.24, 2.45) is 5.73 Å². The number of carbonyl (C=O) groups excluding carboxylic acids is 1. The number of hydrogen-bond donors (Lipinski definition) is 2. The third kappa shape index (κ3) is 5.37. The molecule has 1 rings (SSSR count). The average Bonchev–Trinajstić information content (AvgIpc) is 2.55.